The van der Waals surface area contributed by atoms with Gasteiger partial charge in [0.1, 0.15) is 0 Å². The molecule has 0 radical (unpaired) electrons. The maximum atomic E-state index is 5.73. The second-order valence-corrected chi connectivity index (χ2v) is 4.05. The summed E-state index contributed by atoms with van der Waals surface area (Å²) in [7, 11) is 13.6. The zero-order chi connectivity index (χ0) is 12.2. The summed E-state index contributed by atoms with van der Waals surface area (Å²) in [5.41, 5.74) is 5.73. The van der Waals surface area contributed by atoms with Crippen LogP contribution in [0.2, 0.25) is 0 Å². The number of aliphatic imine (C=N–C) groups is 1. The molecule has 0 bridgehead atoms. The average molecular weight is 253 g/mol. The molecule has 0 atom stereocenters. The van der Waals surface area contributed by atoms with Gasteiger partial charge >= 0.3 is 0 Å². The van der Waals surface area contributed by atoms with Crippen LogP contribution < -0.4 is 11.1 Å². The lowest BCUT2D eigenvalue weighted by Gasteiger charge is -2.49. The van der Waals surface area contributed by atoms with E-state index < -0.39 is 5.91 Å². The highest BCUT2D eigenvalue weighted by Crippen LogP contribution is 2.13. The summed E-state index contributed by atoms with van der Waals surface area (Å²) < 4.78 is 0. The molecule has 0 fully saturated rings. The number of nitrogens with one attached hydrogen (secondary N) is 1. The van der Waals surface area contributed by atoms with E-state index >= 15 is 0 Å². The minimum atomic E-state index is -0.483. The normalized spacial score (nSPS) is 13.2. The van der Waals surface area contributed by atoms with Crippen molar-refractivity contribution in [3.63, 3.8) is 0 Å². The fourth-order valence-electron chi connectivity index (χ4n) is 1.76. The molecule has 0 spiro atoms. The summed E-state index contributed by atoms with van der Waals surface area (Å²) in [6.07, 6.45) is 0. The van der Waals surface area contributed by atoms with Gasteiger partial charge in [0, 0.05) is 7.05 Å². The molecule has 0 aliphatic rings. The fourth-order valence-corrected chi connectivity index (χ4v) is 1.76. The maximum Gasteiger partial charge on any atom is 0.211 e. The average Bonchev–Trinajstić information content (AvgIpc) is 2.11. The molecule has 0 rings (SSSR count). The molecule has 7 heteroatoms. The molecule has 0 saturated heterocycles. The van der Waals surface area contributed by atoms with Crippen LogP contribution in [-0.4, -0.2) is 75.9 Å². The molecular weight excluding hydrogens is 228 g/mol. The highest BCUT2D eigenvalue weighted by molar-refractivity contribution is 5.85. The summed E-state index contributed by atoms with van der Waals surface area (Å²) >= 11 is 0. The number of halogens is 1. The van der Waals surface area contributed by atoms with Crippen LogP contribution in [0.1, 0.15) is 0 Å². The number of hydrogen-bond acceptors (Lipinski definition) is 4. The molecule has 98 valence electrons. The van der Waals surface area contributed by atoms with Gasteiger partial charge in [-0.1, -0.05) is 0 Å². The lowest BCUT2D eigenvalue weighted by Crippen LogP contribution is -2.74. The summed E-state index contributed by atoms with van der Waals surface area (Å²) in [5.74, 6) is -0.0741. The molecule has 0 aromatic rings. The lowest BCUT2D eigenvalue weighted by molar-refractivity contribution is -0.121. The number of rotatable bonds is 4. The van der Waals surface area contributed by atoms with E-state index in [1.54, 1.807) is 7.05 Å². The third-order valence-corrected chi connectivity index (χ3v) is 2.41. The second-order valence-electron chi connectivity index (χ2n) is 4.05. The Balaban J connectivity index is 0. The zero-order valence-corrected chi connectivity index (χ0v) is 12.1. The third kappa shape index (κ3) is 3.48. The maximum absolute atomic E-state index is 5.73. The quantitative estimate of drug-likeness (QED) is 0.391. The molecule has 6 nitrogen and oxygen atoms in total. The molecule has 0 aromatic heterocycles. The van der Waals surface area contributed by atoms with Crippen molar-refractivity contribution in [2.75, 3.05) is 49.3 Å². The molecule has 0 aromatic carbocycles. The van der Waals surface area contributed by atoms with E-state index in [4.69, 9.17) is 5.73 Å². The first-order valence-electron chi connectivity index (χ1n) is 4.81. The first kappa shape index (κ1) is 17.8. The van der Waals surface area contributed by atoms with Crippen LogP contribution in [0.4, 0.5) is 0 Å². The van der Waals surface area contributed by atoms with E-state index in [2.05, 4.69) is 10.3 Å². The van der Waals surface area contributed by atoms with E-state index in [-0.39, 0.29) is 12.4 Å². The Morgan fingerprint density at radius 2 is 1.31 bits per heavy atom. The Morgan fingerprint density at radius 3 is 1.50 bits per heavy atom. The van der Waals surface area contributed by atoms with Gasteiger partial charge in [0.15, 0.2) is 5.96 Å². The highest BCUT2D eigenvalue weighted by Gasteiger charge is 2.38. The van der Waals surface area contributed by atoms with Crippen LogP contribution in [0.3, 0.4) is 0 Å². The van der Waals surface area contributed by atoms with Crippen LogP contribution in [0, 0.1) is 0 Å². The monoisotopic (exact) mass is 252 g/mol. The van der Waals surface area contributed by atoms with E-state index in [9.17, 15) is 0 Å². The molecule has 0 heterocycles. The van der Waals surface area contributed by atoms with Crippen LogP contribution in [0.25, 0.3) is 0 Å². The van der Waals surface area contributed by atoms with Crippen molar-refractivity contribution in [2.24, 2.45) is 10.7 Å². The summed E-state index contributed by atoms with van der Waals surface area (Å²) in [4.78, 5) is 10.0. The molecule has 0 aliphatic heterocycles. The predicted molar refractivity (Wildman–Crippen MR) is 71.7 cm³/mol. The van der Waals surface area contributed by atoms with Gasteiger partial charge in [0.2, 0.25) is 5.91 Å². The van der Waals surface area contributed by atoms with Crippen LogP contribution in [0.15, 0.2) is 4.99 Å². The van der Waals surface area contributed by atoms with Gasteiger partial charge < -0.3 is 11.1 Å². The number of nitrogens with zero attached hydrogens (tertiary/aromatic N) is 4. The Hall–Kier alpha value is -0.560. The first-order chi connectivity index (χ1) is 6.78. The Bertz CT molecular complexity index is 204. The molecule has 0 aliphatic carbocycles. The van der Waals surface area contributed by atoms with Crippen LogP contribution in [-0.2, 0) is 0 Å². The van der Waals surface area contributed by atoms with Crippen molar-refractivity contribution in [3.8, 4) is 0 Å². The number of hydrogen-bond donors (Lipinski definition) is 2. The van der Waals surface area contributed by atoms with Gasteiger partial charge in [-0.2, -0.15) is 0 Å². The second kappa shape index (κ2) is 6.90. The zero-order valence-electron chi connectivity index (χ0n) is 11.3. The number of guanidine groups is 1. The van der Waals surface area contributed by atoms with Gasteiger partial charge in [0.05, 0.1) is 0 Å². The van der Waals surface area contributed by atoms with E-state index in [0.29, 0.717) is 5.96 Å². The summed E-state index contributed by atoms with van der Waals surface area (Å²) in [6.45, 7) is 0. The standard InChI is InChI=1S/C9H24N6.ClH/c1-11-8(10)12-9(13(2)3,14(4)5)15(6)7;/h1-7H3,(H3,10,11,12);1H. The first-order valence-corrected chi connectivity index (χ1v) is 4.81. The van der Waals surface area contributed by atoms with Gasteiger partial charge in [-0.05, 0) is 42.3 Å². The van der Waals surface area contributed by atoms with Crippen molar-refractivity contribution in [1.29, 1.82) is 0 Å². The fraction of sp³-hybridized carbons (Fsp3) is 0.889. The van der Waals surface area contributed by atoms with E-state index in [0.717, 1.165) is 0 Å². The largest absolute Gasteiger partial charge is 0.370 e. The van der Waals surface area contributed by atoms with Crippen molar-refractivity contribution in [2.45, 2.75) is 5.91 Å². The molecule has 0 saturated carbocycles. The van der Waals surface area contributed by atoms with Crippen molar-refractivity contribution in [3.05, 3.63) is 0 Å². The number of nitrogens with two attached hydrogens (primary N) is 1. The van der Waals surface area contributed by atoms with E-state index in [1.165, 1.54) is 0 Å². The van der Waals surface area contributed by atoms with Crippen LogP contribution in [0.5, 0.6) is 0 Å². The minimum Gasteiger partial charge on any atom is -0.370 e. The lowest BCUT2D eigenvalue weighted by atomic mass is 10.4. The Morgan fingerprint density at radius 1 is 1.00 bits per heavy atom. The Labute approximate surface area is 105 Å². The molecule has 0 unspecified atom stereocenters. The molecular formula is C9H25ClN6. The summed E-state index contributed by atoms with van der Waals surface area (Å²) in [5, 5.41) is 3.18. The summed E-state index contributed by atoms with van der Waals surface area (Å²) in [6, 6.07) is 0. The minimum absolute atomic E-state index is 0. The van der Waals surface area contributed by atoms with Crippen molar-refractivity contribution < 1.29 is 0 Å². The SMILES string of the molecule is CN=C(N)NC(N(C)C)(N(C)C)N(C)C.Cl. The van der Waals surface area contributed by atoms with Crippen LogP contribution >= 0.6 is 12.4 Å². The van der Waals surface area contributed by atoms with Crippen molar-refractivity contribution in [1.82, 2.24) is 20.0 Å². The topological polar surface area (TPSA) is 60.1 Å². The predicted octanol–water partition coefficient (Wildman–Crippen LogP) is -0.762. The van der Waals surface area contributed by atoms with Gasteiger partial charge in [-0.3, -0.25) is 19.7 Å². The Kier molecular flexibility index (Phi) is 7.69. The van der Waals surface area contributed by atoms with Crippen molar-refractivity contribution >= 4 is 18.4 Å². The molecule has 3 N–H and O–H groups in total. The highest BCUT2D eigenvalue weighted by atomic mass is 35.5. The molecule has 0 amide bonds. The van der Waals surface area contributed by atoms with Gasteiger partial charge in [-0.15, -0.1) is 12.4 Å². The smallest absolute Gasteiger partial charge is 0.211 e. The third-order valence-electron chi connectivity index (χ3n) is 2.41. The molecule has 16 heavy (non-hydrogen) atoms. The van der Waals surface area contributed by atoms with Gasteiger partial charge in [-0.25, -0.2) is 0 Å². The van der Waals surface area contributed by atoms with E-state index in [1.807, 2.05) is 57.0 Å². The van der Waals surface area contributed by atoms with Gasteiger partial charge in [0.25, 0.3) is 0 Å².